The number of nitro groups is 1. The minimum Gasteiger partial charge on any atom is -0.348 e. The largest absolute Gasteiger partial charge is 0.348 e. The van der Waals surface area contributed by atoms with Crippen LogP contribution in [-0.2, 0) is 13.1 Å². The molecule has 3 aromatic rings. The molecule has 0 fully saturated rings. The number of nitrogens with one attached hydrogen (secondary N) is 1. The van der Waals surface area contributed by atoms with Crippen molar-refractivity contribution in [3.63, 3.8) is 0 Å². The number of halogens is 1. The number of hydrogen-bond acceptors (Lipinski definition) is 4. The second-order valence-corrected chi connectivity index (χ2v) is 6.80. The first kappa shape index (κ1) is 19.6. The third-order valence-corrected chi connectivity index (χ3v) is 4.85. The van der Waals surface area contributed by atoms with Crippen LogP contribution in [0, 0.1) is 24.0 Å². The highest BCUT2D eigenvalue weighted by Crippen LogP contribution is 2.23. The number of carbonyl (C=O) groups is 1. The number of non-ortho nitro benzene ring substituents is 1. The topological polar surface area (TPSA) is 90.1 Å². The molecule has 0 spiro atoms. The molecule has 1 aromatic heterocycles. The quantitative estimate of drug-likeness (QED) is 0.501. The summed E-state index contributed by atoms with van der Waals surface area (Å²) >= 11 is 6.03. The fourth-order valence-corrected chi connectivity index (χ4v) is 3.23. The fraction of sp³-hybridized carbons (Fsp3) is 0.200. The van der Waals surface area contributed by atoms with Crippen LogP contribution in [0.5, 0.6) is 0 Å². The van der Waals surface area contributed by atoms with Gasteiger partial charge in [0.25, 0.3) is 11.6 Å². The number of benzene rings is 2. The second-order valence-electron chi connectivity index (χ2n) is 6.40. The Hall–Kier alpha value is -3.19. The van der Waals surface area contributed by atoms with E-state index in [2.05, 4.69) is 10.4 Å². The van der Waals surface area contributed by atoms with Crippen LogP contribution in [0.15, 0.2) is 48.5 Å². The third-order valence-electron chi connectivity index (χ3n) is 4.54. The van der Waals surface area contributed by atoms with Crippen LogP contribution >= 0.6 is 11.6 Å². The highest BCUT2D eigenvalue weighted by Gasteiger charge is 2.17. The molecule has 2 aromatic carbocycles. The van der Waals surface area contributed by atoms with Crippen molar-refractivity contribution < 1.29 is 9.72 Å². The molecule has 0 saturated carbocycles. The molecule has 3 rings (SSSR count). The predicted molar refractivity (Wildman–Crippen MR) is 107 cm³/mol. The molecule has 28 heavy (non-hydrogen) atoms. The Morgan fingerprint density at radius 1 is 1.21 bits per heavy atom. The van der Waals surface area contributed by atoms with Crippen LogP contribution in [-0.4, -0.2) is 20.6 Å². The van der Waals surface area contributed by atoms with E-state index in [9.17, 15) is 14.9 Å². The molecular weight excluding hydrogens is 380 g/mol. The van der Waals surface area contributed by atoms with E-state index < -0.39 is 10.8 Å². The molecule has 0 saturated heterocycles. The number of hydrogen-bond donors (Lipinski definition) is 1. The summed E-state index contributed by atoms with van der Waals surface area (Å²) in [5, 5.41) is 18.2. The van der Waals surface area contributed by atoms with Crippen LogP contribution in [0.1, 0.15) is 32.9 Å². The van der Waals surface area contributed by atoms with Crippen LogP contribution in [0.4, 0.5) is 5.69 Å². The van der Waals surface area contributed by atoms with Gasteiger partial charge in [0.05, 0.1) is 27.7 Å². The molecule has 0 aliphatic rings. The van der Waals surface area contributed by atoms with Crippen molar-refractivity contribution in [1.82, 2.24) is 15.1 Å². The molecule has 0 aliphatic heterocycles. The van der Waals surface area contributed by atoms with Gasteiger partial charge in [0.1, 0.15) is 0 Å². The molecule has 1 heterocycles. The van der Waals surface area contributed by atoms with Crippen molar-refractivity contribution in [1.29, 1.82) is 0 Å². The second kappa shape index (κ2) is 8.22. The Labute approximate surface area is 167 Å². The summed E-state index contributed by atoms with van der Waals surface area (Å²) in [6.45, 7) is 4.80. The standard InChI is InChI=1S/C20H19ClN4O3/c1-13-18(14(2)24(23-13)12-15-6-4-3-5-7-15)11-22-20(26)17-9-8-16(25(27)28)10-19(17)21/h3-10H,11-12H2,1-2H3,(H,22,26). The molecule has 0 unspecified atom stereocenters. The molecule has 0 atom stereocenters. The Bertz CT molecular complexity index is 1030. The van der Waals surface area contributed by atoms with Gasteiger partial charge >= 0.3 is 0 Å². The Kier molecular flexibility index (Phi) is 5.75. The van der Waals surface area contributed by atoms with E-state index in [-0.39, 0.29) is 16.3 Å². The summed E-state index contributed by atoms with van der Waals surface area (Å²) in [5.41, 5.74) is 3.92. The maximum absolute atomic E-state index is 12.4. The van der Waals surface area contributed by atoms with Crippen LogP contribution < -0.4 is 5.32 Å². The number of nitro benzene ring substituents is 1. The molecule has 144 valence electrons. The normalized spacial score (nSPS) is 10.7. The molecule has 1 amide bonds. The van der Waals surface area contributed by atoms with Gasteiger partial charge in [-0.3, -0.25) is 19.6 Å². The predicted octanol–water partition coefficient (Wildman–Crippen LogP) is 4.04. The molecule has 7 nitrogen and oxygen atoms in total. The van der Waals surface area contributed by atoms with E-state index in [0.717, 1.165) is 22.5 Å². The Morgan fingerprint density at radius 3 is 2.57 bits per heavy atom. The van der Waals surface area contributed by atoms with Gasteiger partial charge in [-0.2, -0.15) is 5.10 Å². The summed E-state index contributed by atoms with van der Waals surface area (Å²) in [6, 6.07) is 13.8. The number of amides is 1. The van der Waals surface area contributed by atoms with E-state index >= 15 is 0 Å². The molecule has 1 N–H and O–H groups in total. The van der Waals surface area contributed by atoms with Crippen LogP contribution in [0.25, 0.3) is 0 Å². The maximum atomic E-state index is 12.4. The number of rotatable bonds is 6. The van der Waals surface area contributed by atoms with Gasteiger partial charge < -0.3 is 5.32 Å². The lowest BCUT2D eigenvalue weighted by Crippen LogP contribution is -2.23. The lowest BCUT2D eigenvalue weighted by Gasteiger charge is -2.08. The van der Waals surface area contributed by atoms with Gasteiger partial charge in [-0.25, -0.2) is 0 Å². The zero-order valence-electron chi connectivity index (χ0n) is 15.5. The lowest BCUT2D eigenvalue weighted by molar-refractivity contribution is -0.384. The van der Waals surface area contributed by atoms with Gasteiger partial charge in [-0.1, -0.05) is 41.9 Å². The zero-order chi connectivity index (χ0) is 20.3. The first-order chi connectivity index (χ1) is 13.4. The van der Waals surface area contributed by atoms with E-state index in [1.807, 2.05) is 48.9 Å². The monoisotopic (exact) mass is 398 g/mol. The maximum Gasteiger partial charge on any atom is 0.270 e. The fourth-order valence-electron chi connectivity index (χ4n) is 2.97. The summed E-state index contributed by atoms with van der Waals surface area (Å²) in [7, 11) is 0. The van der Waals surface area contributed by atoms with Crippen molar-refractivity contribution in [2.75, 3.05) is 0 Å². The minimum absolute atomic E-state index is 0.0416. The van der Waals surface area contributed by atoms with Gasteiger partial charge in [0, 0.05) is 29.9 Å². The Morgan fingerprint density at radius 2 is 1.93 bits per heavy atom. The summed E-state index contributed by atoms with van der Waals surface area (Å²) < 4.78 is 1.91. The highest BCUT2D eigenvalue weighted by molar-refractivity contribution is 6.34. The average molecular weight is 399 g/mol. The van der Waals surface area contributed by atoms with E-state index in [4.69, 9.17) is 11.6 Å². The van der Waals surface area contributed by atoms with Crippen LogP contribution in [0.3, 0.4) is 0 Å². The summed E-state index contributed by atoms with van der Waals surface area (Å²) in [5.74, 6) is -0.394. The Balaban J connectivity index is 1.72. The smallest absolute Gasteiger partial charge is 0.270 e. The molecule has 0 aliphatic carbocycles. The van der Waals surface area contributed by atoms with Crippen molar-refractivity contribution in [3.05, 3.63) is 91.7 Å². The number of nitrogens with zero attached hydrogens (tertiary/aromatic N) is 3. The van der Waals surface area contributed by atoms with E-state index in [1.54, 1.807) is 0 Å². The number of aryl methyl sites for hydroxylation is 1. The van der Waals surface area contributed by atoms with Crippen molar-refractivity contribution in [2.45, 2.75) is 26.9 Å². The van der Waals surface area contributed by atoms with Crippen LogP contribution in [0.2, 0.25) is 5.02 Å². The first-order valence-electron chi connectivity index (χ1n) is 8.65. The van der Waals surface area contributed by atoms with Gasteiger partial charge in [-0.15, -0.1) is 0 Å². The van der Waals surface area contributed by atoms with E-state index in [1.165, 1.54) is 18.2 Å². The van der Waals surface area contributed by atoms with Gasteiger partial charge in [0.2, 0.25) is 0 Å². The van der Waals surface area contributed by atoms with Crippen molar-refractivity contribution in [2.24, 2.45) is 0 Å². The SMILES string of the molecule is Cc1nn(Cc2ccccc2)c(C)c1CNC(=O)c1ccc([N+](=O)[O-])cc1Cl. The molecule has 0 bridgehead atoms. The number of carbonyl (C=O) groups excluding carboxylic acids is 1. The average Bonchev–Trinajstić information content (AvgIpc) is 2.93. The molecule has 0 radical (unpaired) electrons. The van der Waals surface area contributed by atoms with Gasteiger partial charge in [0.15, 0.2) is 0 Å². The molecule has 8 heteroatoms. The lowest BCUT2D eigenvalue weighted by atomic mass is 10.1. The van der Waals surface area contributed by atoms with Crippen molar-refractivity contribution >= 4 is 23.2 Å². The van der Waals surface area contributed by atoms with E-state index in [0.29, 0.717) is 13.1 Å². The first-order valence-corrected chi connectivity index (χ1v) is 9.03. The summed E-state index contributed by atoms with van der Waals surface area (Å²) in [4.78, 5) is 22.7. The zero-order valence-corrected chi connectivity index (χ0v) is 16.2. The molecular formula is C20H19ClN4O3. The van der Waals surface area contributed by atoms with Gasteiger partial charge in [-0.05, 0) is 25.5 Å². The summed E-state index contributed by atoms with van der Waals surface area (Å²) in [6.07, 6.45) is 0. The number of aromatic nitrogens is 2. The highest BCUT2D eigenvalue weighted by atomic mass is 35.5. The third kappa shape index (κ3) is 4.20. The minimum atomic E-state index is -0.554. The van der Waals surface area contributed by atoms with Crippen molar-refractivity contribution in [3.8, 4) is 0 Å².